The van der Waals surface area contributed by atoms with Crippen LogP contribution in [-0.4, -0.2) is 37.0 Å². The van der Waals surface area contributed by atoms with Gasteiger partial charge in [0.1, 0.15) is 0 Å². The topological polar surface area (TPSA) is 80.9 Å². The van der Waals surface area contributed by atoms with Gasteiger partial charge >= 0.3 is 12.1 Å². The van der Waals surface area contributed by atoms with Crippen molar-refractivity contribution < 1.29 is 23.1 Å². The van der Waals surface area contributed by atoms with Gasteiger partial charge in [0.05, 0.1) is 22.0 Å². The molecule has 6 nitrogen and oxygen atoms in total. The number of tetrazole rings is 1. The van der Waals surface area contributed by atoms with Crippen LogP contribution in [0.4, 0.5) is 13.2 Å². The zero-order valence-corrected chi connectivity index (χ0v) is 11.6. The van der Waals surface area contributed by atoms with Gasteiger partial charge in [-0.25, -0.2) is 0 Å². The lowest BCUT2D eigenvalue weighted by Gasteiger charge is -2.10. The van der Waals surface area contributed by atoms with Crippen molar-refractivity contribution in [2.24, 2.45) is 0 Å². The number of carboxylic acid groups (broad SMARTS) is 1. The summed E-state index contributed by atoms with van der Waals surface area (Å²) in [4.78, 5) is 10.5. The normalized spacial score (nSPS) is 11.6. The van der Waals surface area contributed by atoms with E-state index in [0.717, 1.165) is 34.6 Å². The average Bonchev–Trinajstić information content (AvgIpc) is 2.83. The zero-order valence-electron chi connectivity index (χ0n) is 10.0. The highest BCUT2D eigenvalue weighted by molar-refractivity contribution is 7.99. The molecular weight excluding hydrogens is 333 g/mol. The number of rotatable bonds is 4. The van der Waals surface area contributed by atoms with Gasteiger partial charge in [-0.05, 0) is 28.6 Å². The maximum atomic E-state index is 12.6. The summed E-state index contributed by atoms with van der Waals surface area (Å²) in [5.74, 6) is -1.37. The van der Waals surface area contributed by atoms with Crippen molar-refractivity contribution in [3.63, 3.8) is 0 Å². The molecule has 0 fully saturated rings. The summed E-state index contributed by atoms with van der Waals surface area (Å²) in [6.07, 6.45) is -4.51. The third-order valence-corrected chi connectivity index (χ3v) is 3.48. The van der Waals surface area contributed by atoms with Crippen LogP contribution in [0.1, 0.15) is 5.56 Å². The van der Waals surface area contributed by atoms with Crippen molar-refractivity contribution in [1.29, 1.82) is 0 Å². The predicted molar refractivity (Wildman–Crippen MR) is 67.5 cm³/mol. The van der Waals surface area contributed by atoms with Crippen LogP contribution in [0.2, 0.25) is 5.02 Å². The first-order valence-electron chi connectivity index (χ1n) is 5.29. The second kappa shape index (κ2) is 5.90. The molecule has 0 aliphatic heterocycles. The van der Waals surface area contributed by atoms with Gasteiger partial charge in [0.25, 0.3) is 0 Å². The van der Waals surface area contributed by atoms with Crippen LogP contribution in [0.3, 0.4) is 0 Å². The van der Waals surface area contributed by atoms with Crippen LogP contribution < -0.4 is 0 Å². The fraction of sp³-hybridized carbons (Fsp3) is 0.200. The quantitative estimate of drug-likeness (QED) is 0.863. The molecule has 112 valence electrons. The molecule has 1 aromatic carbocycles. The first-order chi connectivity index (χ1) is 9.79. The number of carbonyl (C=O) groups is 1. The number of halogens is 4. The van der Waals surface area contributed by atoms with Crippen LogP contribution >= 0.6 is 23.4 Å². The summed E-state index contributed by atoms with van der Waals surface area (Å²) in [6, 6.07) is 2.71. The SMILES string of the molecule is O=C(O)CSc1nnnn1-c1ccc(C(F)(F)F)cc1Cl. The minimum Gasteiger partial charge on any atom is -0.481 e. The molecule has 0 saturated carbocycles. The Morgan fingerprint density at radius 1 is 1.43 bits per heavy atom. The summed E-state index contributed by atoms with van der Waals surface area (Å²) in [5.41, 5.74) is -0.772. The number of nitrogens with zero attached hydrogens (tertiary/aromatic N) is 4. The Kier molecular flexibility index (Phi) is 4.37. The first-order valence-corrected chi connectivity index (χ1v) is 6.65. The van der Waals surface area contributed by atoms with Gasteiger partial charge in [0, 0.05) is 0 Å². The van der Waals surface area contributed by atoms with Gasteiger partial charge < -0.3 is 5.11 Å². The standard InChI is InChI=1S/C10H6ClF3N4O2S/c11-6-3-5(10(12,13)14)1-2-7(6)18-9(15-16-17-18)21-4-8(19)20/h1-3H,4H2,(H,19,20). The van der Waals surface area contributed by atoms with Gasteiger partial charge in [-0.15, -0.1) is 5.10 Å². The van der Waals surface area contributed by atoms with Crippen molar-refractivity contribution in [3.05, 3.63) is 28.8 Å². The molecule has 0 atom stereocenters. The number of benzene rings is 1. The molecule has 0 unspecified atom stereocenters. The van der Waals surface area contributed by atoms with Crippen molar-refractivity contribution in [2.45, 2.75) is 11.3 Å². The molecule has 0 bridgehead atoms. The molecular formula is C10H6ClF3N4O2S. The van der Waals surface area contributed by atoms with Crippen LogP contribution in [-0.2, 0) is 11.0 Å². The van der Waals surface area contributed by atoms with Crippen LogP contribution in [0.5, 0.6) is 0 Å². The Bertz CT molecular complexity index is 677. The van der Waals surface area contributed by atoms with Crippen molar-refractivity contribution in [3.8, 4) is 5.69 Å². The van der Waals surface area contributed by atoms with E-state index in [-0.39, 0.29) is 21.6 Å². The number of alkyl halides is 3. The molecule has 0 saturated heterocycles. The lowest BCUT2D eigenvalue weighted by molar-refractivity contribution is -0.137. The van der Waals surface area contributed by atoms with Gasteiger partial charge in [-0.1, -0.05) is 23.4 Å². The van der Waals surface area contributed by atoms with Crippen LogP contribution in [0.25, 0.3) is 5.69 Å². The predicted octanol–water partition coefficient (Wildman–Crippen LogP) is 2.51. The summed E-state index contributed by atoms with van der Waals surface area (Å²) in [6.45, 7) is 0. The zero-order chi connectivity index (χ0) is 15.6. The third kappa shape index (κ3) is 3.64. The summed E-state index contributed by atoms with van der Waals surface area (Å²) in [5, 5.41) is 19.1. The Morgan fingerprint density at radius 2 is 2.14 bits per heavy atom. The Morgan fingerprint density at radius 3 is 2.71 bits per heavy atom. The highest BCUT2D eigenvalue weighted by Gasteiger charge is 2.31. The number of aliphatic carboxylic acids is 1. The lowest BCUT2D eigenvalue weighted by atomic mass is 10.2. The molecule has 11 heteroatoms. The molecule has 21 heavy (non-hydrogen) atoms. The maximum absolute atomic E-state index is 12.6. The highest BCUT2D eigenvalue weighted by Crippen LogP contribution is 2.33. The molecule has 0 spiro atoms. The number of hydrogen-bond acceptors (Lipinski definition) is 5. The molecule has 0 aliphatic rings. The summed E-state index contributed by atoms with van der Waals surface area (Å²) >= 11 is 6.64. The van der Waals surface area contributed by atoms with E-state index in [0.29, 0.717) is 0 Å². The molecule has 2 rings (SSSR count). The lowest BCUT2D eigenvalue weighted by Crippen LogP contribution is -2.07. The second-order valence-electron chi connectivity index (χ2n) is 3.72. The Hall–Kier alpha value is -1.81. The van der Waals surface area contributed by atoms with Crippen LogP contribution in [0, 0.1) is 0 Å². The smallest absolute Gasteiger partial charge is 0.416 e. The minimum atomic E-state index is -4.51. The van der Waals surface area contributed by atoms with Gasteiger partial charge in [-0.3, -0.25) is 4.79 Å². The van der Waals surface area contributed by atoms with Crippen molar-refractivity contribution in [1.82, 2.24) is 20.2 Å². The van der Waals surface area contributed by atoms with Crippen LogP contribution in [0.15, 0.2) is 23.4 Å². The summed E-state index contributed by atoms with van der Waals surface area (Å²) < 4.78 is 38.7. The Balaban J connectivity index is 2.35. The highest BCUT2D eigenvalue weighted by atomic mass is 35.5. The van der Waals surface area contributed by atoms with E-state index in [1.807, 2.05) is 0 Å². The number of aromatic nitrogens is 4. The van der Waals surface area contributed by atoms with Gasteiger partial charge in [0.15, 0.2) is 0 Å². The van der Waals surface area contributed by atoms with Crippen molar-refractivity contribution >= 4 is 29.3 Å². The molecule has 0 amide bonds. The van der Waals surface area contributed by atoms with E-state index in [2.05, 4.69) is 15.5 Å². The van der Waals surface area contributed by atoms with E-state index in [9.17, 15) is 18.0 Å². The molecule has 1 N–H and O–H groups in total. The van der Waals surface area contributed by atoms with E-state index in [1.165, 1.54) is 0 Å². The monoisotopic (exact) mass is 338 g/mol. The van der Waals surface area contributed by atoms with Gasteiger partial charge in [0.2, 0.25) is 5.16 Å². The van der Waals surface area contributed by atoms with E-state index < -0.39 is 17.7 Å². The molecule has 2 aromatic rings. The maximum Gasteiger partial charge on any atom is 0.416 e. The first kappa shape index (κ1) is 15.6. The second-order valence-corrected chi connectivity index (χ2v) is 5.07. The van der Waals surface area contributed by atoms with E-state index >= 15 is 0 Å². The molecule has 0 radical (unpaired) electrons. The number of carboxylic acids is 1. The fourth-order valence-corrected chi connectivity index (χ4v) is 2.27. The largest absolute Gasteiger partial charge is 0.481 e. The third-order valence-electron chi connectivity index (χ3n) is 2.27. The average molecular weight is 339 g/mol. The van der Waals surface area contributed by atoms with Gasteiger partial charge in [-0.2, -0.15) is 17.9 Å². The van der Waals surface area contributed by atoms with E-state index in [1.54, 1.807) is 0 Å². The Labute approximate surface area is 124 Å². The number of hydrogen-bond donors (Lipinski definition) is 1. The minimum absolute atomic E-state index is 0.110. The molecule has 1 heterocycles. The van der Waals surface area contributed by atoms with Crippen molar-refractivity contribution in [2.75, 3.05) is 5.75 Å². The number of thioether (sulfide) groups is 1. The molecule has 0 aliphatic carbocycles. The summed E-state index contributed by atoms with van der Waals surface area (Å²) in [7, 11) is 0. The van der Waals surface area contributed by atoms with E-state index in [4.69, 9.17) is 16.7 Å². The fourth-order valence-electron chi connectivity index (χ4n) is 1.40. The molecule has 1 aromatic heterocycles.